The van der Waals surface area contributed by atoms with Gasteiger partial charge in [-0.2, -0.15) is 0 Å². The van der Waals surface area contributed by atoms with Crippen molar-refractivity contribution in [3.05, 3.63) is 0 Å². The SMILES string of the molecule is [Na].[O-][I+3]([O-])([O-])[O-]. The standard InChI is InChI=1S/IO4.Na/c2-1(3,4)5;/q-1;. The van der Waals surface area contributed by atoms with Crippen molar-refractivity contribution in [1.82, 2.24) is 0 Å². The Kier molecular flexibility index (Phi) is 6.24. The third kappa shape index (κ3) is 47.2. The molecule has 0 spiro atoms. The van der Waals surface area contributed by atoms with Crippen LogP contribution in [-0.4, -0.2) is 29.6 Å². The molecular weight excluding hydrogens is 214 g/mol. The van der Waals surface area contributed by atoms with Crippen LogP contribution in [0.5, 0.6) is 0 Å². The molecule has 0 aromatic heterocycles. The summed E-state index contributed by atoms with van der Waals surface area (Å²) in [6, 6.07) is 0. The third-order valence-electron chi connectivity index (χ3n) is 0. The van der Waals surface area contributed by atoms with Crippen LogP contribution in [0.1, 0.15) is 0 Å². The van der Waals surface area contributed by atoms with Crippen LogP contribution in [0.15, 0.2) is 0 Å². The molecule has 33 valence electrons. The molecule has 0 fully saturated rings. The molecule has 0 atom stereocenters. The van der Waals surface area contributed by atoms with Crippen LogP contribution in [0.25, 0.3) is 0 Å². The molecule has 0 aliphatic heterocycles. The van der Waals surface area contributed by atoms with Gasteiger partial charge in [-0.1, -0.05) is 0 Å². The van der Waals surface area contributed by atoms with E-state index in [1.54, 1.807) is 0 Å². The van der Waals surface area contributed by atoms with Gasteiger partial charge < -0.3 is 0 Å². The van der Waals surface area contributed by atoms with Crippen molar-refractivity contribution in [3.8, 4) is 0 Å². The number of hydrogen-bond donors (Lipinski definition) is 0. The molecule has 0 saturated heterocycles. The summed E-state index contributed by atoms with van der Waals surface area (Å²) < 4.78 is 34.5. The number of rotatable bonds is 0. The fraction of sp³-hybridized carbons (Fsp3) is 0. The van der Waals surface area contributed by atoms with Gasteiger partial charge in [-0.15, -0.1) is 0 Å². The quantitative estimate of drug-likeness (QED) is 0.295. The molecule has 6 heavy (non-hydrogen) atoms. The molecule has 0 aliphatic rings. The minimum Gasteiger partial charge on any atom is -0.286 e. The van der Waals surface area contributed by atoms with E-state index in [-0.39, 0.29) is 29.6 Å². The Bertz CT molecular complexity index is 23.0. The predicted octanol–water partition coefficient (Wildman–Crippen LogP) is -8.13. The van der Waals surface area contributed by atoms with Crippen molar-refractivity contribution in [1.29, 1.82) is 0 Å². The van der Waals surface area contributed by atoms with Gasteiger partial charge >= 0.3 is 0 Å². The normalized spacial score (nSPS) is 10.0. The second-order valence-electron chi connectivity index (χ2n) is 0.378. The van der Waals surface area contributed by atoms with E-state index in [1.807, 2.05) is 0 Å². The first-order valence-corrected chi connectivity index (χ1v) is 4.14. The summed E-state index contributed by atoms with van der Waals surface area (Å²) >= 11 is -5.94. The van der Waals surface area contributed by atoms with E-state index in [0.29, 0.717) is 0 Å². The molecule has 0 N–H and O–H groups in total. The van der Waals surface area contributed by atoms with Crippen LogP contribution >= 0.6 is 0 Å². The Hall–Kier alpha value is 1.57. The second kappa shape index (κ2) is 3.56. The molecule has 0 unspecified atom stereocenters. The maximum atomic E-state index is 8.62. The summed E-state index contributed by atoms with van der Waals surface area (Å²) in [6.45, 7) is 0. The first-order valence-electron chi connectivity index (χ1n) is 0.617. The number of halogens is 1. The van der Waals surface area contributed by atoms with Crippen molar-refractivity contribution < 1.29 is 33.8 Å². The first kappa shape index (κ1) is 10.5. The molecular formula is INaO4-. The summed E-state index contributed by atoms with van der Waals surface area (Å²) in [5, 5.41) is 0. The van der Waals surface area contributed by atoms with Gasteiger partial charge in [-0.25, -0.2) is 0 Å². The average Bonchev–Trinajstić information content (AvgIpc) is 0.722. The molecule has 0 rings (SSSR count). The van der Waals surface area contributed by atoms with E-state index in [9.17, 15) is 0 Å². The zero-order valence-electron chi connectivity index (χ0n) is 3.01. The van der Waals surface area contributed by atoms with Crippen LogP contribution < -0.4 is 33.8 Å². The van der Waals surface area contributed by atoms with Crippen LogP contribution in [0.4, 0.5) is 0 Å². The molecule has 0 amide bonds. The molecule has 1 radical (unpaired) electrons. The van der Waals surface area contributed by atoms with Gasteiger partial charge in [0, 0.05) is 29.6 Å². The van der Waals surface area contributed by atoms with E-state index in [2.05, 4.69) is 0 Å². The van der Waals surface area contributed by atoms with Crippen LogP contribution in [0.3, 0.4) is 0 Å². The topological polar surface area (TPSA) is 92.2 Å². The maximum absolute atomic E-state index is 8.62. The molecule has 0 heterocycles. The Morgan fingerprint density at radius 1 is 0.833 bits per heavy atom. The van der Waals surface area contributed by atoms with Gasteiger partial charge in [0.25, 0.3) is 0 Å². The summed E-state index contributed by atoms with van der Waals surface area (Å²) in [5.41, 5.74) is 0. The van der Waals surface area contributed by atoms with E-state index < -0.39 is 20.1 Å². The smallest absolute Gasteiger partial charge is 0.144 e. The monoisotopic (exact) mass is 214 g/mol. The summed E-state index contributed by atoms with van der Waals surface area (Å²) in [5.74, 6) is 0. The average molecular weight is 214 g/mol. The van der Waals surface area contributed by atoms with Crippen LogP contribution in [0, 0.1) is 0 Å². The second-order valence-corrected chi connectivity index (χ2v) is 2.54. The van der Waals surface area contributed by atoms with Crippen LogP contribution in [-0.2, 0) is 0 Å². The molecule has 4 nitrogen and oxygen atoms in total. The van der Waals surface area contributed by atoms with Crippen LogP contribution in [0.2, 0.25) is 0 Å². The van der Waals surface area contributed by atoms with Crippen molar-refractivity contribution in [2.24, 2.45) is 0 Å². The minimum atomic E-state index is -5.94. The Balaban J connectivity index is 0. The Morgan fingerprint density at radius 3 is 0.833 bits per heavy atom. The zero-order chi connectivity index (χ0) is 4.50. The van der Waals surface area contributed by atoms with E-state index >= 15 is 0 Å². The molecule has 6 heteroatoms. The fourth-order valence-electron chi connectivity index (χ4n) is 0. The van der Waals surface area contributed by atoms with Gasteiger partial charge in [-0.05, 0) is 0 Å². The summed E-state index contributed by atoms with van der Waals surface area (Å²) in [7, 11) is 0. The predicted molar refractivity (Wildman–Crippen MR) is 5.75 cm³/mol. The summed E-state index contributed by atoms with van der Waals surface area (Å²) in [4.78, 5) is 0. The Labute approximate surface area is 62.8 Å². The Morgan fingerprint density at radius 2 is 0.833 bits per heavy atom. The number of hydrogen-bond acceptors (Lipinski definition) is 4. The summed E-state index contributed by atoms with van der Waals surface area (Å²) in [6.07, 6.45) is 0. The fourth-order valence-corrected chi connectivity index (χ4v) is 0. The minimum absolute atomic E-state index is 0. The van der Waals surface area contributed by atoms with Gasteiger partial charge in [0.15, 0.2) is 0 Å². The van der Waals surface area contributed by atoms with Crippen molar-refractivity contribution in [2.45, 2.75) is 0 Å². The van der Waals surface area contributed by atoms with Crippen molar-refractivity contribution in [2.75, 3.05) is 0 Å². The molecule has 0 aliphatic carbocycles. The van der Waals surface area contributed by atoms with E-state index in [1.165, 1.54) is 0 Å². The molecule has 0 aromatic rings. The molecule has 0 saturated carbocycles. The first-order chi connectivity index (χ1) is 2.00. The molecule has 0 aromatic carbocycles. The van der Waals surface area contributed by atoms with Crippen molar-refractivity contribution in [3.63, 3.8) is 0 Å². The maximum Gasteiger partial charge on any atom is 0.144 e. The van der Waals surface area contributed by atoms with Gasteiger partial charge in [0.1, 0.15) is 20.1 Å². The van der Waals surface area contributed by atoms with Crippen molar-refractivity contribution >= 4 is 29.6 Å². The zero-order valence-corrected chi connectivity index (χ0v) is 7.17. The van der Waals surface area contributed by atoms with Gasteiger partial charge in [-0.3, -0.25) is 13.7 Å². The van der Waals surface area contributed by atoms with E-state index in [0.717, 1.165) is 0 Å². The molecule has 0 bridgehead atoms. The van der Waals surface area contributed by atoms with Gasteiger partial charge in [0.2, 0.25) is 0 Å². The largest absolute Gasteiger partial charge is 0.286 e. The third-order valence-corrected chi connectivity index (χ3v) is 0. The van der Waals surface area contributed by atoms with Gasteiger partial charge in [0.05, 0.1) is 0 Å². The van der Waals surface area contributed by atoms with E-state index in [4.69, 9.17) is 13.7 Å².